The Kier molecular flexibility index (Phi) is 9.93. The summed E-state index contributed by atoms with van der Waals surface area (Å²) in [5.74, 6) is 0.308. The summed E-state index contributed by atoms with van der Waals surface area (Å²) in [5, 5.41) is 4.01. The third-order valence-corrected chi connectivity index (χ3v) is 8.75. The molecule has 3 aromatic heterocycles. The molecule has 16 heteroatoms. The number of imidazole rings is 1. The molecule has 5 aromatic rings. The molecule has 1 aliphatic rings. The Morgan fingerprint density at radius 3 is 2.48 bits per heavy atom. The van der Waals surface area contributed by atoms with Gasteiger partial charge in [0.15, 0.2) is 0 Å². The van der Waals surface area contributed by atoms with Crippen LogP contribution in [0.1, 0.15) is 18.4 Å². The van der Waals surface area contributed by atoms with Crippen LogP contribution in [0.4, 0.5) is 18.9 Å². The summed E-state index contributed by atoms with van der Waals surface area (Å²) >= 11 is 0. The monoisotopic (exact) mass is 689 g/mol. The predicted molar refractivity (Wildman–Crippen MR) is 181 cm³/mol. The second-order valence-electron chi connectivity index (χ2n) is 11.7. The molecule has 0 radical (unpaired) electrons. The number of pyridine rings is 2. The van der Waals surface area contributed by atoms with Gasteiger partial charge in [-0.15, -0.1) is 0 Å². The molecule has 1 aliphatic heterocycles. The van der Waals surface area contributed by atoms with Crippen molar-refractivity contribution in [1.29, 1.82) is 0 Å². The number of aromatic nitrogens is 4. The molecule has 4 heterocycles. The summed E-state index contributed by atoms with van der Waals surface area (Å²) in [4.78, 5) is 41.1. The molecule has 0 bridgehead atoms. The number of rotatable bonds is 11. The number of carbonyl (C=O) groups is 1. The molecule has 1 fully saturated rings. The SMILES string of the molecule is COc1ccc(-c2ccc3ncc4c(c3c2)n(-c2ccc(N3CCN(C(=O)CCOCCCN=[N+]=[N-])CC3)c(C(F)(F)F)c2)c(=O)n4C)cn1. The molecular weight excluding hydrogens is 655 g/mol. The Bertz CT molecular complexity index is 2130. The van der Waals surface area contributed by atoms with Crippen LogP contribution in [-0.2, 0) is 22.8 Å². The van der Waals surface area contributed by atoms with Gasteiger partial charge in [0.2, 0.25) is 11.8 Å². The maximum atomic E-state index is 14.7. The summed E-state index contributed by atoms with van der Waals surface area (Å²) in [6, 6.07) is 13.0. The number of aryl methyl sites for hydroxylation is 1. The molecule has 2 aromatic carbocycles. The lowest BCUT2D eigenvalue weighted by Crippen LogP contribution is -2.49. The minimum atomic E-state index is -4.72. The van der Waals surface area contributed by atoms with Gasteiger partial charge in [0, 0.05) is 80.2 Å². The first-order valence-electron chi connectivity index (χ1n) is 15.9. The number of benzene rings is 2. The quantitative estimate of drug-likeness (QED) is 0.0747. The zero-order chi connectivity index (χ0) is 35.4. The fourth-order valence-corrected chi connectivity index (χ4v) is 6.15. The van der Waals surface area contributed by atoms with Crippen LogP contribution in [0.3, 0.4) is 0 Å². The highest BCUT2D eigenvalue weighted by molar-refractivity contribution is 6.04. The Morgan fingerprint density at radius 1 is 1.00 bits per heavy atom. The first kappa shape index (κ1) is 34.3. The average molecular weight is 690 g/mol. The lowest BCUT2D eigenvalue weighted by atomic mass is 10.0. The fraction of sp³-hybridized carbons (Fsp3) is 0.353. The van der Waals surface area contributed by atoms with E-state index in [0.717, 1.165) is 17.2 Å². The summed E-state index contributed by atoms with van der Waals surface area (Å²) in [6.07, 6.45) is -0.832. The summed E-state index contributed by atoms with van der Waals surface area (Å²) in [7, 11) is 3.08. The number of halogens is 3. The van der Waals surface area contributed by atoms with E-state index in [1.807, 2.05) is 18.2 Å². The van der Waals surface area contributed by atoms with Crippen LogP contribution in [0, 0.1) is 0 Å². The van der Waals surface area contributed by atoms with E-state index in [1.54, 1.807) is 41.4 Å². The number of ether oxygens (including phenoxy) is 2. The molecule has 6 rings (SSSR count). The van der Waals surface area contributed by atoms with Gasteiger partial charge in [-0.3, -0.25) is 18.9 Å². The smallest absolute Gasteiger partial charge is 0.418 e. The Labute approximate surface area is 284 Å². The maximum absolute atomic E-state index is 14.7. The molecule has 0 N–H and O–H groups in total. The predicted octanol–water partition coefficient (Wildman–Crippen LogP) is 5.72. The summed E-state index contributed by atoms with van der Waals surface area (Å²) in [5.41, 5.74) is 9.98. The highest BCUT2D eigenvalue weighted by Crippen LogP contribution is 2.39. The fourth-order valence-electron chi connectivity index (χ4n) is 6.15. The van der Waals surface area contributed by atoms with E-state index in [0.29, 0.717) is 47.4 Å². The third-order valence-electron chi connectivity index (χ3n) is 8.75. The number of methoxy groups -OCH3 is 1. The first-order chi connectivity index (χ1) is 24.1. The number of alkyl halides is 3. The van der Waals surface area contributed by atoms with Crippen molar-refractivity contribution in [1.82, 2.24) is 24.0 Å². The van der Waals surface area contributed by atoms with E-state index in [4.69, 9.17) is 15.0 Å². The zero-order valence-electron chi connectivity index (χ0n) is 27.4. The highest BCUT2D eigenvalue weighted by Gasteiger charge is 2.36. The molecule has 260 valence electrons. The number of azide groups is 1. The lowest BCUT2D eigenvalue weighted by molar-refractivity contribution is -0.137. The number of carbonyl (C=O) groups excluding carboxylic acids is 1. The normalized spacial score (nSPS) is 13.5. The van der Waals surface area contributed by atoms with Crippen molar-refractivity contribution in [2.24, 2.45) is 12.2 Å². The molecule has 1 amide bonds. The number of fused-ring (bicyclic) bond motifs is 3. The van der Waals surface area contributed by atoms with Gasteiger partial charge in [-0.25, -0.2) is 9.78 Å². The Hall–Kier alpha value is -5.60. The van der Waals surface area contributed by atoms with Gasteiger partial charge in [-0.2, -0.15) is 13.2 Å². The van der Waals surface area contributed by atoms with Gasteiger partial charge < -0.3 is 19.3 Å². The van der Waals surface area contributed by atoms with Crippen LogP contribution in [0.15, 0.2) is 70.8 Å². The molecule has 0 saturated carbocycles. The van der Waals surface area contributed by atoms with Crippen molar-refractivity contribution < 1.29 is 27.4 Å². The van der Waals surface area contributed by atoms with Crippen LogP contribution < -0.4 is 15.3 Å². The van der Waals surface area contributed by atoms with Crippen LogP contribution in [0.25, 0.3) is 49.2 Å². The Morgan fingerprint density at radius 2 is 1.78 bits per heavy atom. The van der Waals surface area contributed by atoms with Crippen LogP contribution in [-0.4, -0.2) is 83.0 Å². The minimum absolute atomic E-state index is 0.0224. The van der Waals surface area contributed by atoms with Gasteiger partial charge in [-0.1, -0.05) is 11.2 Å². The van der Waals surface area contributed by atoms with Crippen LogP contribution in [0.5, 0.6) is 5.88 Å². The van der Waals surface area contributed by atoms with Crippen molar-refractivity contribution in [3.05, 3.63) is 87.4 Å². The van der Waals surface area contributed by atoms with Crippen LogP contribution in [0.2, 0.25) is 0 Å². The van der Waals surface area contributed by atoms with Crippen molar-refractivity contribution in [3.8, 4) is 22.7 Å². The van der Waals surface area contributed by atoms with Crippen molar-refractivity contribution in [2.75, 3.05) is 57.9 Å². The van der Waals surface area contributed by atoms with Gasteiger partial charge in [0.1, 0.15) is 0 Å². The topological polar surface area (TPSA) is 143 Å². The van der Waals surface area contributed by atoms with E-state index >= 15 is 0 Å². The molecule has 0 spiro atoms. The summed E-state index contributed by atoms with van der Waals surface area (Å²) in [6.45, 7) is 1.78. The largest absolute Gasteiger partial charge is 0.481 e. The van der Waals surface area contributed by atoms with E-state index in [2.05, 4.69) is 20.0 Å². The number of nitrogens with zero attached hydrogens (tertiary/aromatic N) is 9. The minimum Gasteiger partial charge on any atom is -0.481 e. The van der Waals surface area contributed by atoms with E-state index in [1.165, 1.54) is 28.4 Å². The first-order valence-corrected chi connectivity index (χ1v) is 15.9. The number of amides is 1. The highest BCUT2D eigenvalue weighted by atomic mass is 19.4. The van der Waals surface area contributed by atoms with Crippen molar-refractivity contribution >= 4 is 33.5 Å². The molecular formula is C34H34F3N9O4. The average Bonchev–Trinajstić information content (AvgIpc) is 3.39. The third kappa shape index (κ3) is 6.93. The van der Waals surface area contributed by atoms with Gasteiger partial charge in [-0.05, 0) is 53.9 Å². The van der Waals surface area contributed by atoms with Gasteiger partial charge in [0.25, 0.3) is 0 Å². The standard InChI is InChI=1S/C34H34F3N9O4/c1-43-29-21-39-27-7-4-22(23-5-9-30(49-2)40-20-23)18-25(27)32(29)46(33(43)48)24-6-8-28(26(19-24)34(35,36)37)44-12-14-45(15-13-44)31(47)10-17-50-16-3-11-41-42-38/h4-9,18-21H,3,10-17H2,1-2H3. The molecule has 1 saturated heterocycles. The maximum Gasteiger partial charge on any atom is 0.418 e. The lowest BCUT2D eigenvalue weighted by Gasteiger charge is -2.37. The summed E-state index contributed by atoms with van der Waals surface area (Å²) < 4.78 is 57.3. The molecule has 50 heavy (non-hydrogen) atoms. The van der Waals surface area contributed by atoms with E-state index in [9.17, 15) is 22.8 Å². The molecule has 0 atom stereocenters. The van der Waals surface area contributed by atoms with Crippen molar-refractivity contribution in [2.45, 2.75) is 19.0 Å². The van der Waals surface area contributed by atoms with Crippen LogP contribution >= 0.6 is 0 Å². The van der Waals surface area contributed by atoms with E-state index < -0.39 is 17.4 Å². The number of piperazine rings is 1. The van der Waals surface area contributed by atoms with Gasteiger partial charge >= 0.3 is 11.9 Å². The van der Waals surface area contributed by atoms with Gasteiger partial charge in [0.05, 0.1) is 54.1 Å². The Balaban J connectivity index is 1.28. The molecule has 0 aliphatic carbocycles. The number of anilines is 1. The number of hydrogen-bond acceptors (Lipinski definition) is 8. The number of hydrogen-bond donors (Lipinski definition) is 0. The second-order valence-corrected chi connectivity index (χ2v) is 11.7. The second kappa shape index (κ2) is 14.5. The van der Waals surface area contributed by atoms with E-state index in [-0.39, 0.29) is 56.5 Å². The molecule has 0 unspecified atom stereocenters. The molecule has 13 nitrogen and oxygen atoms in total. The van der Waals surface area contributed by atoms with Crippen molar-refractivity contribution in [3.63, 3.8) is 0 Å². The zero-order valence-corrected chi connectivity index (χ0v) is 27.4.